The molecule has 1 aliphatic heterocycles. The SMILES string of the molecule is Cl.NC1(C(=O)Nc2cccc(Sc3ccc(Cl)cc3)c2)CCOCC1. The van der Waals surface area contributed by atoms with Crippen LogP contribution in [0.25, 0.3) is 0 Å². The number of hydrogen-bond acceptors (Lipinski definition) is 4. The molecule has 2 aromatic rings. The van der Waals surface area contributed by atoms with Gasteiger partial charge in [0.15, 0.2) is 0 Å². The summed E-state index contributed by atoms with van der Waals surface area (Å²) in [7, 11) is 0. The standard InChI is InChI=1S/C18H19ClN2O2S.ClH/c19-13-4-6-15(7-5-13)24-16-3-1-2-14(12-16)21-17(22)18(20)8-10-23-11-9-18;/h1-7,12H,8-11,20H2,(H,21,22);1H. The molecular weight excluding hydrogens is 379 g/mol. The van der Waals surface area contributed by atoms with Crippen molar-refractivity contribution in [3.8, 4) is 0 Å². The lowest BCUT2D eigenvalue weighted by Gasteiger charge is -2.31. The van der Waals surface area contributed by atoms with Gasteiger partial charge in [0.05, 0.1) is 0 Å². The number of nitrogens with two attached hydrogens (primary N) is 1. The van der Waals surface area contributed by atoms with Crippen molar-refractivity contribution in [3.63, 3.8) is 0 Å². The van der Waals surface area contributed by atoms with E-state index in [1.165, 1.54) is 0 Å². The van der Waals surface area contributed by atoms with E-state index in [0.717, 1.165) is 15.5 Å². The Morgan fingerprint density at radius 2 is 1.80 bits per heavy atom. The number of carbonyl (C=O) groups is 1. The fraction of sp³-hybridized carbons (Fsp3) is 0.278. The van der Waals surface area contributed by atoms with Crippen LogP contribution < -0.4 is 11.1 Å². The molecule has 0 aliphatic carbocycles. The second-order valence-corrected chi connectivity index (χ2v) is 7.39. The zero-order valence-electron chi connectivity index (χ0n) is 13.5. The summed E-state index contributed by atoms with van der Waals surface area (Å²) in [6.45, 7) is 1.05. The average Bonchev–Trinajstić information content (AvgIpc) is 2.58. The Labute approximate surface area is 162 Å². The van der Waals surface area contributed by atoms with Gasteiger partial charge in [0, 0.05) is 33.7 Å². The van der Waals surface area contributed by atoms with Crippen molar-refractivity contribution in [1.29, 1.82) is 0 Å². The summed E-state index contributed by atoms with van der Waals surface area (Å²) in [5.41, 5.74) is 6.11. The van der Waals surface area contributed by atoms with Crippen LogP contribution in [0.4, 0.5) is 5.69 Å². The van der Waals surface area contributed by atoms with Crippen LogP contribution in [0, 0.1) is 0 Å². The number of halogens is 2. The molecule has 1 aliphatic rings. The third kappa shape index (κ3) is 5.36. The van der Waals surface area contributed by atoms with Crippen molar-refractivity contribution in [3.05, 3.63) is 53.6 Å². The summed E-state index contributed by atoms with van der Waals surface area (Å²) in [4.78, 5) is 14.6. The van der Waals surface area contributed by atoms with Gasteiger partial charge in [0.2, 0.25) is 5.91 Å². The van der Waals surface area contributed by atoms with Crippen LogP contribution in [-0.4, -0.2) is 24.7 Å². The van der Waals surface area contributed by atoms with Crippen molar-refractivity contribution in [2.75, 3.05) is 18.5 Å². The van der Waals surface area contributed by atoms with Crippen LogP contribution in [0.5, 0.6) is 0 Å². The molecule has 2 aromatic carbocycles. The van der Waals surface area contributed by atoms with Gasteiger partial charge in [-0.25, -0.2) is 0 Å². The molecule has 1 fully saturated rings. The van der Waals surface area contributed by atoms with E-state index in [4.69, 9.17) is 22.1 Å². The maximum absolute atomic E-state index is 12.5. The third-order valence-corrected chi connectivity index (χ3v) is 5.23. The molecule has 4 nitrogen and oxygen atoms in total. The minimum atomic E-state index is -0.850. The number of ether oxygens (including phenoxy) is 1. The molecule has 0 unspecified atom stereocenters. The summed E-state index contributed by atoms with van der Waals surface area (Å²) < 4.78 is 5.29. The Morgan fingerprint density at radius 1 is 1.12 bits per heavy atom. The van der Waals surface area contributed by atoms with Crippen LogP contribution in [0.15, 0.2) is 58.3 Å². The third-order valence-electron chi connectivity index (χ3n) is 3.98. The fourth-order valence-corrected chi connectivity index (χ4v) is 3.50. The Kier molecular flexibility index (Phi) is 7.16. The molecule has 3 rings (SSSR count). The summed E-state index contributed by atoms with van der Waals surface area (Å²) in [6, 6.07) is 15.4. The number of rotatable bonds is 4. The molecule has 0 radical (unpaired) electrons. The first-order valence-electron chi connectivity index (χ1n) is 7.77. The molecule has 0 aromatic heterocycles. The zero-order valence-corrected chi connectivity index (χ0v) is 15.9. The number of amides is 1. The van der Waals surface area contributed by atoms with Crippen LogP contribution in [0.3, 0.4) is 0 Å². The largest absolute Gasteiger partial charge is 0.381 e. The number of carbonyl (C=O) groups excluding carboxylic acids is 1. The van der Waals surface area contributed by atoms with Crippen LogP contribution in [0.2, 0.25) is 5.02 Å². The Balaban J connectivity index is 0.00000225. The monoisotopic (exact) mass is 398 g/mol. The highest BCUT2D eigenvalue weighted by molar-refractivity contribution is 7.99. The molecule has 3 N–H and O–H groups in total. The first-order valence-corrected chi connectivity index (χ1v) is 8.96. The lowest BCUT2D eigenvalue weighted by Crippen LogP contribution is -2.54. The van der Waals surface area contributed by atoms with Gasteiger partial charge >= 0.3 is 0 Å². The average molecular weight is 399 g/mol. The van der Waals surface area contributed by atoms with Gasteiger partial charge in [-0.2, -0.15) is 0 Å². The van der Waals surface area contributed by atoms with Gasteiger partial charge in [0.25, 0.3) is 0 Å². The predicted molar refractivity (Wildman–Crippen MR) is 105 cm³/mol. The fourth-order valence-electron chi connectivity index (χ4n) is 2.49. The second-order valence-electron chi connectivity index (χ2n) is 5.81. The molecule has 1 amide bonds. The van der Waals surface area contributed by atoms with Crippen molar-refractivity contribution in [1.82, 2.24) is 0 Å². The molecule has 0 bridgehead atoms. The van der Waals surface area contributed by atoms with Crippen molar-refractivity contribution in [2.45, 2.75) is 28.2 Å². The van der Waals surface area contributed by atoms with E-state index in [1.807, 2.05) is 48.5 Å². The van der Waals surface area contributed by atoms with Crippen LogP contribution in [-0.2, 0) is 9.53 Å². The molecule has 7 heteroatoms. The number of anilines is 1. The van der Waals surface area contributed by atoms with Crippen molar-refractivity contribution in [2.24, 2.45) is 5.73 Å². The topological polar surface area (TPSA) is 64.4 Å². The summed E-state index contributed by atoms with van der Waals surface area (Å²) in [5.74, 6) is -0.153. The summed E-state index contributed by atoms with van der Waals surface area (Å²) in [5, 5.41) is 3.65. The molecular formula is C18H20Cl2N2O2S. The minimum Gasteiger partial charge on any atom is -0.381 e. The quantitative estimate of drug-likeness (QED) is 0.802. The predicted octanol–water partition coefficient (Wildman–Crippen LogP) is 4.36. The normalized spacial score (nSPS) is 15.9. The highest BCUT2D eigenvalue weighted by Gasteiger charge is 2.35. The van der Waals surface area contributed by atoms with E-state index in [9.17, 15) is 4.79 Å². The van der Waals surface area contributed by atoms with Crippen LogP contribution >= 0.6 is 35.8 Å². The van der Waals surface area contributed by atoms with Gasteiger partial charge in [-0.3, -0.25) is 4.79 Å². The maximum Gasteiger partial charge on any atom is 0.244 e. The van der Waals surface area contributed by atoms with Gasteiger partial charge in [-0.15, -0.1) is 12.4 Å². The van der Waals surface area contributed by atoms with Crippen molar-refractivity contribution < 1.29 is 9.53 Å². The Bertz CT molecular complexity index is 719. The van der Waals surface area contributed by atoms with Gasteiger partial charge < -0.3 is 15.8 Å². The molecule has 1 saturated heterocycles. The van der Waals surface area contributed by atoms with E-state index in [-0.39, 0.29) is 18.3 Å². The first-order chi connectivity index (χ1) is 11.5. The van der Waals surface area contributed by atoms with E-state index < -0.39 is 5.54 Å². The Hall–Kier alpha value is -1.24. The number of benzene rings is 2. The summed E-state index contributed by atoms with van der Waals surface area (Å²) in [6.07, 6.45) is 1.08. The van der Waals surface area contributed by atoms with Gasteiger partial charge in [-0.1, -0.05) is 29.4 Å². The summed E-state index contributed by atoms with van der Waals surface area (Å²) >= 11 is 7.52. The molecule has 0 spiro atoms. The second kappa shape index (κ2) is 8.92. The molecule has 1 heterocycles. The van der Waals surface area contributed by atoms with Gasteiger partial charge in [0.1, 0.15) is 5.54 Å². The lowest BCUT2D eigenvalue weighted by atomic mass is 9.90. The molecule has 25 heavy (non-hydrogen) atoms. The number of nitrogens with one attached hydrogen (secondary N) is 1. The van der Waals surface area contributed by atoms with E-state index >= 15 is 0 Å². The first kappa shape index (κ1) is 20.1. The molecule has 134 valence electrons. The lowest BCUT2D eigenvalue weighted by molar-refractivity contribution is -0.124. The van der Waals surface area contributed by atoms with Gasteiger partial charge in [-0.05, 0) is 55.3 Å². The van der Waals surface area contributed by atoms with E-state index in [0.29, 0.717) is 31.1 Å². The number of hydrogen-bond donors (Lipinski definition) is 2. The highest BCUT2D eigenvalue weighted by Crippen LogP contribution is 2.30. The zero-order chi connectivity index (χ0) is 17.0. The van der Waals surface area contributed by atoms with Crippen LogP contribution in [0.1, 0.15) is 12.8 Å². The Morgan fingerprint density at radius 3 is 2.48 bits per heavy atom. The van der Waals surface area contributed by atoms with E-state index in [2.05, 4.69) is 5.32 Å². The van der Waals surface area contributed by atoms with E-state index in [1.54, 1.807) is 11.8 Å². The minimum absolute atomic E-state index is 0. The maximum atomic E-state index is 12.5. The van der Waals surface area contributed by atoms with Crippen molar-refractivity contribution >= 4 is 47.4 Å². The molecule has 0 atom stereocenters. The highest BCUT2D eigenvalue weighted by atomic mass is 35.5. The molecule has 0 saturated carbocycles. The smallest absolute Gasteiger partial charge is 0.244 e.